The number of carbonyl (C=O) groups excluding carboxylic acids is 1. The van der Waals surface area contributed by atoms with Crippen LogP contribution in [0.3, 0.4) is 0 Å². The highest BCUT2D eigenvalue weighted by Gasteiger charge is 2.35. The van der Waals surface area contributed by atoms with Crippen LogP contribution in [0.2, 0.25) is 0 Å². The Balaban J connectivity index is 1.82. The van der Waals surface area contributed by atoms with Gasteiger partial charge in [-0.2, -0.15) is 0 Å². The number of nitrogens with zero attached hydrogens (tertiary/aromatic N) is 3. The SMILES string of the molecule is CC(C)N(C(=O)C1CSc2nc(C(C)(C)C)cc(=O)n2C1)C1CCCCC1. The maximum atomic E-state index is 13.4. The Hall–Kier alpha value is -1.30. The summed E-state index contributed by atoms with van der Waals surface area (Å²) in [5.41, 5.74) is 0.628. The lowest BCUT2D eigenvalue weighted by molar-refractivity contribution is -0.140. The molecule has 1 aromatic heterocycles. The van der Waals surface area contributed by atoms with Gasteiger partial charge in [0.15, 0.2) is 5.16 Å². The molecule has 0 N–H and O–H groups in total. The van der Waals surface area contributed by atoms with Crippen LogP contribution in [0.1, 0.15) is 72.4 Å². The molecule has 6 heteroatoms. The van der Waals surface area contributed by atoms with Gasteiger partial charge in [0.2, 0.25) is 5.91 Å². The minimum Gasteiger partial charge on any atom is -0.337 e. The molecule has 1 amide bonds. The summed E-state index contributed by atoms with van der Waals surface area (Å²) in [7, 11) is 0. The summed E-state index contributed by atoms with van der Waals surface area (Å²) in [5.74, 6) is 0.767. The summed E-state index contributed by atoms with van der Waals surface area (Å²) in [5, 5.41) is 0.755. The number of thioether (sulfide) groups is 1. The third kappa shape index (κ3) is 4.41. The van der Waals surface area contributed by atoms with Crippen molar-refractivity contribution in [1.82, 2.24) is 14.5 Å². The van der Waals surface area contributed by atoms with E-state index in [0.29, 0.717) is 18.3 Å². The van der Waals surface area contributed by atoms with Crippen molar-refractivity contribution < 1.29 is 4.79 Å². The van der Waals surface area contributed by atoms with Crippen LogP contribution >= 0.6 is 11.8 Å². The highest BCUT2D eigenvalue weighted by Crippen LogP contribution is 2.31. The minimum atomic E-state index is -0.155. The number of carbonyl (C=O) groups is 1. The van der Waals surface area contributed by atoms with Crippen molar-refractivity contribution in [3.8, 4) is 0 Å². The molecule has 5 nitrogen and oxygen atoms in total. The standard InChI is InChI=1S/C21H33N3O2S/c1-14(2)24(16-9-7-6-8-10-16)19(26)15-12-23-18(25)11-17(21(3,4)5)22-20(23)27-13-15/h11,14-16H,6-10,12-13H2,1-5H3. The number of aromatic nitrogens is 2. The van der Waals surface area contributed by atoms with Crippen molar-refractivity contribution in [2.45, 2.75) is 95.9 Å². The fourth-order valence-corrected chi connectivity index (χ4v) is 5.25. The largest absolute Gasteiger partial charge is 0.337 e. The minimum absolute atomic E-state index is 0.0383. The van der Waals surface area contributed by atoms with Crippen LogP contribution in [0.25, 0.3) is 0 Å². The van der Waals surface area contributed by atoms with Crippen LogP contribution < -0.4 is 5.56 Å². The lowest BCUT2D eigenvalue weighted by atomic mass is 9.92. The van der Waals surface area contributed by atoms with Crippen LogP contribution in [-0.2, 0) is 16.8 Å². The maximum Gasteiger partial charge on any atom is 0.254 e. The Morgan fingerprint density at radius 3 is 2.52 bits per heavy atom. The molecule has 1 aliphatic heterocycles. The zero-order valence-electron chi connectivity index (χ0n) is 17.3. The highest BCUT2D eigenvalue weighted by molar-refractivity contribution is 7.99. The Kier molecular flexibility index (Phi) is 6.04. The number of hydrogen-bond donors (Lipinski definition) is 0. The summed E-state index contributed by atoms with van der Waals surface area (Å²) in [6.07, 6.45) is 5.92. The van der Waals surface area contributed by atoms with E-state index in [1.54, 1.807) is 22.4 Å². The van der Waals surface area contributed by atoms with Crippen molar-refractivity contribution in [2.24, 2.45) is 5.92 Å². The van der Waals surface area contributed by atoms with Crippen molar-refractivity contribution >= 4 is 17.7 Å². The molecule has 0 aromatic carbocycles. The van der Waals surface area contributed by atoms with E-state index in [0.717, 1.165) is 23.7 Å². The predicted molar refractivity (Wildman–Crippen MR) is 110 cm³/mol. The Morgan fingerprint density at radius 2 is 1.93 bits per heavy atom. The molecule has 1 aromatic rings. The molecule has 0 spiro atoms. The molecular formula is C21H33N3O2S. The molecule has 0 radical (unpaired) electrons. The summed E-state index contributed by atoms with van der Waals surface area (Å²) >= 11 is 1.55. The van der Waals surface area contributed by atoms with E-state index in [-0.39, 0.29) is 28.8 Å². The number of hydrogen-bond acceptors (Lipinski definition) is 4. The van der Waals surface area contributed by atoms with E-state index in [2.05, 4.69) is 39.5 Å². The third-order valence-corrected chi connectivity index (χ3v) is 6.83. The van der Waals surface area contributed by atoms with Gasteiger partial charge in [-0.05, 0) is 26.7 Å². The molecule has 0 bridgehead atoms. The third-order valence-electron chi connectivity index (χ3n) is 5.69. The molecule has 2 heterocycles. The van der Waals surface area contributed by atoms with Crippen LogP contribution in [0.5, 0.6) is 0 Å². The van der Waals surface area contributed by atoms with Gasteiger partial charge in [-0.1, -0.05) is 51.8 Å². The number of rotatable bonds is 3. The van der Waals surface area contributed by atoms with Crippen molar-refractivity contribution in [3.63, 3.8) is 0 Å². The predicted octanol–water partition coefficient (Wildman–Crippen LogP) is 3.83. The summed E-state index contributed by atoms with van der Waals surface area (Å²) in [6, 6.07) is 2.19. The first-order chi connectivity index (χ1) is 12.7. The molecule has 27 heavy (non-hydrogen) atoms. The molecule has 1 fully saturated rings. The second-order valence-corrected chi connectivity index (χ2v) is 10.2. The fourth-order valence-electron chi connectivity index (χ4n) is 4.17. The lowest BCUT2D eigenvalue weighted by Crippen LogP contribution is -2.50. The van der Waals surface area contributed by atoms with Crippen LogP contribution in [0.15, 0.2) is 16.0 Å². The molecule has 1 saturated carbocycles. The topological polar surface area (TPSA) is 55.2 Å². The van der Waals surface area contributed by atoms with Gasteiger partial charge in [-0.25, -0.2) is 4.98 Å². The van der Waals surface area contributed by atoms with Gasteiger partial charge in [0.05, 0.1) is 11.6 Å². The van der Waals surface area contributed by atoms with E-state index in [1.165, 1.54) is 19.3 Å². The molecule has 1 atom stereocenters. The van der Waals surface area contributed by atoms with Crippen LogP contribution in [0, 0.1) is 5.92 Å². The second kappa shape index (κ2) is 7.98. The molecule has 150 valence electrons. The van der Waals surface area contributed by atoms with Crippen LogP contribution in [-0.4, -0.2) is 38.2 Å². The van der Waals surface area contributed by atoms with Crippen molar-refractivity contribution in [2.75, 3.05) is 5.75 Å². The molecule has 3 rings (SSSR count). The van der Waals surface area contributed by atoms with Gasteiger partial charge in [0.25, 0.3) is 5.56 Å². The highest BCUT2D eigenvalue weighted by atomic mass is 32.2. The zero-order chi connectivity index (χ0) is 19.8. The smallest absolute Gasteiger partial charge is 0.254 e. The van der Waals surface area contributed by atoms with Crippen molar-refractivity contribution in [3.05, 3.63) is 22.1 Å². The monoisotopic (exact) mass is 391 g/mol. The average molecular weight is 392 g/mol. The van der Waals surface area contributed by atoms with Crippen molar-refractivity contribution in [1.29, 1.82) is 0 Å². The zero-order valence-corrected chi connectivity index (χ0v) is 18.1. The summed E-state index contributed by atoms with van der Waals surface area (Å²) in [6.45, 7) is 10.9. The van der Waals surface area contributed by atoms with Gasteiger partial charge in [-0.3, -0.25) is 14.2 Å². The molecule has 1 unspecified atom stereocenters. The molecule has 0 saturated heterocycles. The lowest BCUT2D eigenvalue weighted by Gasteiger charge is -2.40. The van der Waals surface area contributed by atoms with Gasteiger partial charge in [-0.15, -0.1) is 0 Å². The van der Waals surface area contributed by atoms with Gasteiger partial charge >= 0.3 is 0 Å². The average Bonchev–Trinajstić information content (AvgIpc) is 2.61. The van der Waals surface area contributed by atoms with Gasteiger partial charge in [0, 0.05) is 35.9 Å². The van der Waals surface area contributed by atoms with E-state index < -0.39 is 0 Å². The molecule has 1 aliphatic carbocycles. The molecule has 2 aliphatic rings. The summed E-state index contributed by atoms with van der Waals surface area (Å²) in [4.78, 5) is 32.9. The van der Waals surface area contributed by atoms with Gasteiger partial charge in [0.1, 0.15) is 0 Å². The Labute approximate surface area is 166 Å². The van der Waals surface area contributed by atoms with E-state index >= 15 is 0 Å². The van der Waals surface area contributed by atoms with E-state index in [9.17, 15) is 9.59 Å². The molecular weight excluding hydrogens is 358 g/mol. The van der Waals surface area contributed by atoms with Crippen LogP contribution in [0.4, 0.5) is 0 Å². The Morgan fingerprint density at radius 1 is 1.26 bits per heavy atom. The second-order valence-electron chi connectivity index (χ2n) is 9.26. The van der Waals surface area contributed by atoms with Gasteiger partial charge < -0.3 is 4.90 Å². The first kappa shape index (κ1) is 20.4. The fraction of sp³-hybridized carbons (Fsp3) is 0.762. The first-order valence-electron chi connectivity index (χ1n) is 10.3. The summed E-state index contributed by atoms with van der Waals surface area (Å²) < 4.78 is 1.70. The van der Waals surface area contributed by atoms with E-state index in [4.69, 9.17) is 4.98 Å². The normalized spacial score (nSPS) is 21.2. The quantitative estimate of drug-likeness (QED) is 0.735. The maximum absolute atomic E-state index is 13.4. The first-order valence-corrected chi connectivity index (χ1v) is 11.2. The number of amides is 1. The number of fused-ring (bicyclic) bond motifs is 1. The van der Waals surface area contributed by atoms with E-state index in [1.807, 2.05) is 0 Å². The Bertz CT molecular complexity index is 745.